The molecular weight excluding hydrogens is 825 g/mol. The summed E-state index contributed by atoms with van der Waals surface area (Å²) in [6, 6.07) is 50.9. The van der Waals surface area contributed by atoms with Gasteiger partial charge in [0.05, 0.1) is 22.4 Å². The molecule has 53 heavy (non-hydrogen) atoms. The van der Waals surface area contributed by atoms with Crippen LogP contribution >= 0.6 is 0 Å². The first-order valence-corrected chi connectivity index (χ1v) is 16.6. The van der Waals surface area contributed by atoms with Crippen LogP contribution in [0.4, 0.5) is 0 Å². The smallest absolute Gasteiger partial charge is 0.101 e. The van der Waals surface area contributed by atoms with Crippen molar-refractivity contribution in [3.8, 4) is 56.7 Å². The van der Waals surface area contributed by atoms with E-state index in [1.54, 1.807) is 0 Å². The maximum absolute atomic E-state index is 9.92. The second-order valence-electron chi connectivity index (χ2n) is 12.3. The van der Waals surface area contributed by atoms with Crippen molar-refractivity contribution in [3.05, 3.63) is 185 Å². The van der Waals surface area contributed by atoms with Crippen LogP contribution in [-0.4, -0.2) is 14.5 Å². The second-order valence-corrected chi connectivity index (χ2v) is 12.3. The molecule has 0 amide bonds. The SMILES string of the molecule is Cc1cc(-c2ccc(-c3ccccc3)cc2)cc(C)c1-n1c(-c2[c-]cccc2)nc2cccc(C#N)c21.[2H]C([2H])([2H])c1c[c-]c(-c2cc(C([2H])([2H])[2H])c(C([2H])([2H])[2H])cn2)cc1.[Ir]. The van der Waals surface area contributed by atoms with Crippen molar-refractivity contribution in [2.75, 3.05) is 0 Å². The zero-order chi connectivity index (χ0) is 43.7. The first kappa shape index (κ1) is 26.8. The average molecular weight is 872 g/mol. The molecule has 0 saturated carbocycles. The van der Waals surface area contributed by atoms with Gasteiger partial charge in [0.1, 0.15) is 6.07 Å². The number of aryl methyl sites for hydroxylation is 5. The summed E-state index contributed by atoms with van der Waals surface area (Å²) >= 11 is 0. The molecule has 1 radical (unpaired) electrons. The van der Waals surface area contributed by atoms with Crippen LogP contribution in [0.2, 0.25) is 0 Å². The Kier molecular flexibility index (Phi) is 8.18. The van der Waals surface area contributed by atoms with Crippen LogP contribution in [0.5, 0.6) is 0 Å². The first-order valence-electron chi connectivity index (χ1n) is 21.1. The Hall–Kier alpha value is -5.92. The fraction of sp³-hybridized carbons (Fsp3) is 0.104. The van der Waals surface area contributed by atoms with Crippen molar-refractivity contribution in [1.29, 1.82) is 5.26 Å². The summed E-state index contributed by atoms with van der Waals surface area (Å²) < 4.78 is 69.0. The van der Waals surface area contributed by atoms with E-state index in [4.69, 9.17) is 17.3 Å². The van der Waals surface area contributed by atoms with E-state index in [0.29, 0.717) is 11.1 Å². The number of hydrogen-bond donors (Lipinski definition) is 0. The number of hydrogen-bond acceptors (Lipinski definition) is 3. The minimum Gasteiger partial charge on any atom is -0.332 e. The molecule has 0 aliphatic heterocycles. The predicted molar refractivity (Wildman–Crippen MR) is 213 cm³/mol. The summed E-state index contributed by atoms with van der Waals surface area (Å²) in [5.74, 6) is 0.782. The molecule has 0 spiro atoms. The molecule has 0 fully saturated rings. The van der Waals surface area contributed by atoms with Crippen LogP contribution in [0.3, 0.4) is 0 Å². The Morgan fingerprint density at radius 1 is 0.660 bits per heavy atom. The Morgan fingerprint density at radius 2 is 1.38 bits per heavy atom. The molecule has 2 aromatic heterocycles. The van der Waals surface area contributed by atoms with Crippen molar-refractivity contribution in [3.63, 3.8) is 0 Å². The van der Waals surface area contributed by atoms with E-state index in [-0.39, 0.29) is 42.5 Å². The molecule has 0 N–H and O–H groups in total. The van der Waals surface area contributed by atoms with Crippen LogP contribution in [-0.2, 0) is 20.1 Å². The number of fused-ring (bicyclic) bond motifs is 1. The molecule has 8 aromatic rings. The minimum atomic E-state index is -2.61. The summed E-state index contributed by atoms with van der Waals surface area (Å²) in [7, 11) is 0. The molecule has 6 aromatic carbocycles. The molecule has 2 heterocycles. The number of nitriles is 1. The van der Waals surface area contributed by atoms with Crippen LogP contribution in [0.1, 0.15) is 45.7 Å². The molecule has 0 unspecified atom stereocenters. The average Bonchev–Trinajstić information content (AvgIpc) is 3.63. The monoisotopic (exact) mass is 872 g/mol. The van der Waals surface area contributed by atoms with Crippen molar-refractivity contribution in [2.45, 2.75) is 34.4 Å². The van der Waals surface area contributed by atoms with Gasteiger partial charge in [0.2, 0.25) is 0 Å². The van der Waals surface area contributed by atoms with Crippen molar-refractivity contribution >= 4 is 11.0 Å². The number of nitrogens with zero attached hydrogens (tertiary/aromatic N) is 4. The fourth-order valence-corrected chi connectivity index (χ4v) is 6.30. The molecule has 0 aliphatic rings. The van der Waals surface area contributed by atoms with E-state index in [9.17, 15) is 5.26 Å². The molecule has 261 valence electrons. The zero-order valence-electron chi connectivity index (χ0n) is 37.9. The third-order valence-corrected chi connectivity index (χ3v) is 8.78. The largest absolute Gasteiger partial charge is 0.332 e. The van der Waals surface area contributed by atoms with Gasteiger partial charge in [0.25, 0.3) is 0 Å². The first-order chi connectivity index (χ1) is 28.9. The van der Waals surface area contributed by atoms with Crippen LogP contribution in [0.25, 0.3) is 61.6 Å². The third-order valence-electron chi connectivity index (χ3n) is 8.78. The number of aromatic nitrogens is 3. The molecule has 8 rings (SSSR count). The van der Waals surface area contributed by atoms with E-state index in [0.717, 1.165) is 51.0 Å². The summed E-state index contributed by atoms with van der Waals surface area (Å²) in [4.78, 5) is 8.95. The maximum atomic E-state index is 9.92. The Bertz CT molecular complexity index is 2860. The van der Waals surface area contributed by atoms with E-state index < -0.39 is 20.6 Å². The van der Waals surface area contributed by atoms with Gasteiger partial charge < -0.3 is 9.55 Å². The molecule has 0 aliphatic carbocycles. The van der Waals surface area contributed by atoms with Gasteiger partial charge >= 0.3 is 0 Å². The van der Waals surface area contributed by atoms with Gasteiger partial charge in [-0.2, -0.15) is 5.26 Å². The van der Waals surface area contributed by atoms with Crippen molar-refractivity contribution < 1.29 is 32.4 Å². The summed E-state index contributed by atoms with van der Waals surface area (Å²) in [6.45, 7) is -3.21. The van der Waals surface area contributed by atoms with Gasteiger partial charge in [-0.05, 0) is 96.5 Å². The van der Waals surface area contributed by atoms with E-state index >= 15 is 0 Å². The van der Waals surface area contributed by atoms with Gasteiger partial charge in [-0.15, -0.1) is 71.3 Å². The third kappa shape index (κ3) is 7.81. The molecule has 0 atom stereocenters. The molecular formula is C48H38IrN4-2. The molecule has 4 nitrogen and oxygen atoms in total. The van der Waals surface area contributed by atoms with Crippen molar-refractivity contribution in [1.82, 2.24) is 14.5 Å². The molecule has 0 bridgehead atoms. The quantitative estimate of drug-likeness (QED) is 0.162. The minimum absolute atomic E-state index is 0. The maximum Gasteiger partial charge on any atom is 0.101 e. The topological polar surface area (TPSA) is 54.5 Å². The van der Waals surface area contributed by atoms with Crippen LogP contribution in [0, 0.1) is 57.9 Å². The Balaban J connectivity index is 0.000000224. The summed E-state index contributed by atoms with van der Waals surface area (Å²) in [5, 5.41) is 9.92. The van der Waals surface area contributed by atoms with Gasteiger partial charge in [0, 0.05) is 44.3 Å². The number of para-hydroxylation sites is 1. The standard InChI is InChI=1S/C34H24N3.C14H14N.Ir/c1-23-20-30(27-18-16-26(17-19-27)25-10-5-3-6-11-25)21-24(2)32(23)37-33-29(22-35)14-9-15-31(33)36-34(37)28-12-7-4-8-13-28;1-10-4-6-13(7-5-10)14-8-11(2)12(3)9-15-14;/h3-12,14-21H,1-2H3;4-6,8-9H,1-3H3;/q2*-1;/i;1D3,2D3,3D3;. The summed E-state index contributed by atoms with van der Waals surface area (Å²) in [5.41, 5.74) is 11.2. The second kappa shape index (κ2) is 16.2. The van der Waals surface area contributed by atoms with Gasteiger partial charge in [-0.25, -0.2) is 0 Å². The summed E-state index contributed by atoms with van der Waals surface area (Å²) in [6.07, 6.45) is 1.02. The normalized spacial score (nSPS) is 13.8. The number of pyridine rings is 1. The van der Waals surface area contributed by atoms with Gasteiger partial charge in [-0.1, -0.05) is 79.1 Å². The van der Waals surface area contributed by atoms with E-state index in [2.05, 4.69) is 102 Å². The number of benzene rings is 6. The Labute approximate surface area is 338 Å². The molecule has 0 saturated heterocycles. The van der Waals surface area contributed by atoms with Crippen LogP contribution < -0.4 is 0 Å². The van der Waals surface area contributed by atoms with Crippen LogP contribution in [0.15, 0.2) is 140 Å². The van der Waals surface area contributed by atoms with E-state index in [1.807, 2.05) is 48.5 Å². The number of imidazole rings is 1. The van der Waals surface area contributed by atoms with E-state index in [1.165, 1.54) is 41.0 Å². The van der Waals surface area contributed by atoms with Crippen molar-refractivity contribution in [2.24, 2.45) is 0 Å². The van der Waals surface area contributed by atoms with Gasteiger partial charge in [-0.3, -0.25) is 4.98 Å². The van der Waals surface area contributed by atoms with Gasteiger partial charge in [0.15, 0.2) is 0 Å². The zero-order valence-corrected chi connectivity index (χ0v) is 31.3. The fourth-order valence-electron chi connectivity index (χ4n) is 6.30. The Morgan fingerprint density at radius 3 is 2.02 bits per heavy atom. The predicted octanol–water partition coefficient (Wildman–Crippen LogP) is 11.8. The molecule has 5 heteroatoms. The number of rotatable bonds is 5.